The number of nitrogens with zero attached hydrogens (tertiary/aromatic N) is 2. The van der Waals surface area contributed by atoms with E-state index in [0.29, 0.717) is 23.0 Å². The minimum absolute atomic E-state index is 0.0240. The second kappa shape index (κ2) is 6.48. The Balaban J connectivity index is 1.91. The van der Waals surface area contributed by atoms with Gasteiger partial charge in [0.1, 0.15) is 5.56 Å². The molecule has 1 aromatic heterocycles. The van der Waals surface area contributed by atoms with Gasteiger partial charge in [-0.15, -0.1) is 0 Å². The number of rotatable bonds is 3. The average molecular weight is 345 g/mol. The highest BCUT2D eigenvalue weighted by Crippen LogP contribution is 2.21. The van der Waals surface area contributed by atoms with Gasteiger partial charge in [-0.1, -0.05) is 17.8 Å². The molecule has 2 aromatic rings. The van der Waals surface area contributed by atoms with E-state index in [-0.39, 0.29) is 11.1 Å². The van der Waals surface area contributed by atoms with E-state index in [1.165, 1.54) is 35.7 Å². The van der Waals surface area contributed by atoms with Crippen LogP contribution >= 0.6 is 11.8 Å². The Kier molecular flexibility index (Phi) is 4.39. The Bertz CT molecular complexity index is 891. The summed E-state index contributed by atoms with van der Waals surface area (Å²) in [6.07, 6.45) is 1.29. The number of methoxy groups -OCH3 is 1. The molecule has 0 fully saturated rings. The van der Waals surface area contributed by atoms with Crippen LogP contribution in [-0.4, -0.2) is 34.3 Å². The van der Waals surface area contributed by atoms with E-state index in [1.54, 1.807) is 19.1 Å². The van der Waals surface area contributed by atoms with Gasteiger partial charge in [-0.25, -0.2) is 9.78 Å². The molecule has 0 atom stereocenters. The summed E-state index contributed by atoms with van der Waals surface area (Å²) < 4.78 is 6.17. The highest BCUT2D eigenvalue weighted by atomic mass is 32.2. The van der Waals surface area contributed by atoms with Crippen LogP contribution in [0.3, 0.4) is 0 Å². The van der Waals surface area contributed by atoms with E-state index in [9.17, 15) is 14.4 Å². The predicted molar refractivity (Wildman–Crippen MR) is 89.7 cm³/mol. The van der Waals surface area contributed by atoms with Crippen molar-refractivity contribution in [3.63, 3.8) is 0 Å². The van der Waals surface area contributed by atoms with E-state index in [4.69, 9.17) is 0 Å². The van der Waals surface area contributed by atoms with Gasteiger partial charge in [0.15, 0.2) is 5.16 Å². The second-order valence-electron chi connectivity index (χ2n) is 5.24. The predicted octanol–water partition coefficient (Wildman–Crippen LogP) is 1.70. The van der Waals surface area contributed by atoms with E-state index in [0.717, 1.165) is 11.3 Å². The molecule has 124 valence electrons. The highest BCUT2D eigenvalue weighted by molar-refractivity contribution is 7.99. The molecule has 1 aliphatic rings. The summed E-state index contributed by atoms with van der Waals surface area (Å²) in [7, 11) is 1.29. The largest absolute Gasteiger partial charge is 0.465 e. The second-order valence-corrected chi connectivity index (χ2v) is 6.30. The minimum atomic E-state index is -0.551. The number of carbonyl (C=O) groups excluding carboxylic acids is 2. The molecular weight excluding hydrogens is 330 g/mol. The topological polar surface area (TPSA) is 90.3 Å². The third-order valence-corrected chi connectivity index (χ3v) is 4.68. The van der Waals surface area contributed by atoms with Gasteiger partial charge in [-0.3, -0.25) is 14.2 Å². The van der Waals surface area contributed by atoms with Crippen LogP contribution in [0.15, 0.2) is 34.3 Å². The lowest BCUT2D eigenvalue weighted by atomic mass is 10.1. The molecule has 0 bridgehead atoms. The molecule has 3 rings (SSSR count). The van der Waals surface area contributed by atoms with Crippen LogP contribution in [-0.2, 0) is 11.3 Å². The summed E-state index contributed by atoms with van der Waals surface area (Å²) >= 11 is 1.49. The number of aromatic nitrogens is 2. The molecule has 0 saturated carbocycles. The van der Waals surface area contributed by atoms with E-state index in [1.807, 2.05) is 0 Å². The van der Waals surface area contributed by atoms with Crippen molar-refractivity contribution in [1.29, 1.82) is 0 Å². The lowest BCUT2D eigenvalue weighted by molar-refractivity contribution is 0.0600. The van der Waals surface area contributed by atoms with Crippen molar-refractivity contribution in [3.05, 3.63) is 51.4 Å². The Morgan fingerprint density at radius 2 is 2.17 bits per heavy atom. The number of thioether (sulfide) groups is 1. The van der Waals surface area contributed by atoms with Crippen LogP contribution in [0, 0.1) is 6.92 Å². The molecular formula is C16H15N3O4S. The number of hydrogen-bond acceptors (Lipinski definition) is 6. The van der Waals surface area contributed by atoms with Gasteiger partial charge in [0.2, 0.25) is 0 Å². The molecule has 2 heterocycles. The van der Waals surface area contributed by atoms with Crippen molar-refractivity contribution in [2.45, 2.75) is 18.6 Å². The van der Waals surface area contributed by atoms with Crippen LogP contribution in [0.1, 0.15) is 26.3 Å². The van der Waals surface area contributed by atoms with Crippen molar-refractivity contribution < 1.29 is 14.3 Å². The van der Waals surface area contributed by atoms with Crippen molar-refractivity contribution >= 4 is 29.3 Å². The lowest BCUT2D eigenvalue weighted by Crippen LogP contribution is -2.29. The molecule has 24 heavy (non-hydrogen) atoms. The van der Waals surface area contributed by atoms with Gasteiger partial charge in [-0.2, -0.15) is 0 Å². The van der Waals surface area contributed by atoms with Crippen molar-refractivity contribution in [1.82, 2.24) is 9.55 Å². The molecule has 0 radical (unpaired) electrons. The molecule has 8 heteroatoms. The fraction of sp³-hybridized carbons (Fsp3) is 0.250. The quantitative estimate of drug-likeness (QED) is 0.673. The molecule has 0 aliphatic carbocycles. The third-order valence-electron chi connectivity index (χ3n) is 3.71. The minimum Gasteiger partial charge on any atom is -0.465 e. The number of carbonyl (C=O) groups is 2. The summed E-state index contributed by atoms with van der Waals surface area (Å²) in [5.41, 5.74) is 1.15. The maximum Gasteiger partial charge on any atom is 0.337 e. The number of hydrogen-bond donors (Lipinski definition) is 1. The number of benzene rings is 1. The zero-order valence-electron chi connectivity index (χ0n) is 13.2. The monoisotopic (exact) mass is 345 g/mol. The number of fused-ring (bicyclic) bond motifs is 1. The smallest absolute Gasteiger partial charge is 0.337 e. The SMILES string of the molecule is COC(=O)c1ccc(C)c(NC(=O)c2cnc3n(c2=O)CCS3)c1. The van der Waals surface area contributed by atoms with Gasteiger partial charge in [-0.05, 0) is 24.6 Å². The van der Waals surface area contributed by atoms with Crippen LogP contribution < -0.4 is 10.9 Å². The molecule has 1 N–H and O–H groups in total. The number of aryl methyl sites for hydroxylation is 1. The number of nitrogens with one attached hydrogen (secondary N) is 1. The summed E-state index contributed by atoms with van der Waals surface area (Å²) in [5.74, 6) is -0.278. The highest BCUT2D eigenvalue weighted by Gasteiger charge is 2.20. The number of esters is 1. The first-order valence-corrected chi connectivity index (χ1v) is 8.23. The Hall–Kier alpha value is -2.61. The molecule has 0 saturated heterocycles. The Morgan fingerprint density at radius 3 is 2.92 bits per heavy atom. The van der Waals surface area contributed by atoms with Crippen molar-refractivity contribution in [2.75, 3.05) is 18.2 Å². The van der Waals surface area contributed by atoms with Crippen LogP contribution in [0.25, 0.3) is 0 Å². The normalized spacial score (nSPS) is 12.6. The first kappa shape index (κ1) is 16.3. The lowest BCUT2D eigenvalue weighted by Gasteiger charge is -2.10. The maximum atomic E-state index is 12.5. The van der Waals surface area contributed by atoms with E-state index >= 15 is 0 Å². The van der Waals surface area contributed by atoms with Crippen LogP contribution in [0.4, 0.5) is 5.69 Å². The summed E-state index contributed by atoms with van der Waals surface area (Å²) in [6, 6.07) is 4.83. The zero-order chi connectivity index (χ0) is 17.3. The van der Waals surface area contributed by atoms with Gasteiger partial charge in [0, 0.05) is 24.2 Å². The van der Waals surface area contributed by atoms with Crippen LogP contribution in [0.5, 0.6) is 0 Å². The summed E-state index contributed by atoms with van der Waals surface area (Å²) in [5, 5.41) is 3.30. The first-order valence-electron chi connectivity index (χ1n) is 7.24. The average Bonchev–Trinajstić information content (AvgIpc) is 3.06. The van der Waals surface area contributed by atoms with Crippen molar-refractivity contribution in [2.24, 2.45) is 0 Å². The van der Waals surface area contributed by atoms with E-state index in [2.05, 4.69) is 15.0 Å². The molecule has 1 aliphatic heterocycles. The van der Waals surface area contributed by atoms with Crippen LogP contribution in [0.2, 0.25) is 0 Å². The Labute approximate surface area is 142 Å². The number of ether oxygens (including phenoxy) is 1. The maximum absolute atomic E-state index is 12.5. The summed E-state index contributed by atoms with van der Waals surface area (Å²) in [6.45, 7) is 2.34. The van der Waals surface area contributed by atoms with Gasteiger partial charge in [0.05, 0.1) is 12.7 Å². The molecule has 1 amide bonds. The Morgan fingerprint density at radius 1 is 1.38 bits per heavy atom. The number of amides is 1. The van der Waals surface area contributed by atoms with Gasteiger partial charge in [0.25, 0.3) is 11.5 Å². The molecule has 0 unspecified atom stereocenters. The zero-order valence-corrected chi connectivity index (χ0v) is 14.0. The number of anilines is 1. The fourth-order valence-corrected chi connectivity index (χ4v) is 3.28. The van der Waals surface area contributed by atoms with Gasteiger partial charge >= 0.3 is 5.97 Å². The van der Waals surface area contributed by atoms with Crippen molar-refractivity contribution in [3.8, 4) is 0 Å². The molecule has 7 nitrogen and oxygen atoms in total. The fourth-order valence-electron chi connectivity index (χ4n) is 2.36. The molecule has 0 spiro atoms. The van der Waals surface area contributed by atoms with E-state index < -0.39 is 11.9 Å². The third kappa shape index (κ3) is 2.92. The first-order chi connectivity index (χ1) is 11.5. The molecule has 1 aromatic carbocycles. The summed E-state index contributed by atoms with van der Waals surface area (Å²) in [4.78, 5) is 40.6. The standard InChI is InChI=1S/C16H15N3O4S/c1-9-3-4-10(15(22)23-2)7-12(9)18-13(20)11-8-17-16-19(14(11)21)5-6-24-16/h3-4,7-8H,5-6H2,1-2H3,(H,18,20). The van der Waals surface area contributed by atoms with Gasteiger partial charge < -0.3 is 10.1 Å².